The van der Waals surface area contributed by atoms with E-state index in [9.17, 15) is 4.79 Å². The Balaban J connectivity index is 3.63. The maximum absolute atomic E-state index is 11.4. The smallest absolute Gasteiger partial charge is 0.155 e. The Labute approximate surface area is 99.3 Å². The Kier molecular flexibility index (Phi) is 9.14. The van der Waals surface area contributed by atoms with Gasteiger partial charge in [-0.25, -0.2) is 0 Å². The van der Waals surface area contributed by atoms with E-state index in [4.69, 9.17) is 6.42 Å². The number of allylic oxidation sites excluding steroid dienone is 2. The monoisotopic (exact) mass is 216 g/mol. The van der Waals surface area contributed by atoms with Crippen LogP contribution in [0.1, 0.15) is 46.0 Å². The van der Waals surface area contributed by atoms with Crippen LogP contribution in [0.3, 0.4) is 0 Å². The predicted molar refractivity (Wildman–Crippen MR) is 68.7 cm³/mol. The van der Waals surface area contributed by atoms with Gasteiger partial charge >= 0.3 is 0 Å². The molecule has 16 heavy (non-hydrogen) atoms. The van der Waals surface area contributed by atoms with Crippen molar-refractivity contribution in [3.63, 3.8) is 0 Å². The molecule has 0 aliphatic carbocycles. The maximum Gasteiger partial charge on any atom is 0.155 e. The molecule has 0 N–H and O–H groups in total. The minimum Gasteiger partial charge on any atom is -0.295 e. The zero-order valence-corrected chi connectivity index (χ0v) is 10.3. The summed E-state index contributed by atoms with van der Waals surface area (Å²) in [4.78, 5) is 11.4. The number of hydrogen-bond donors (Lipinski definition) is 0. The van der Waals surface area contributed by atoms with Gasteiger partial charge in [-0.15, -0.1) is 6.42 Å². The lowest BCUT2D eigenvalue weighted by molar-refractivity contribution is -0.114. The van der Waals surface area contributed by atoms with E-state index in [1.165, 1.54) is 0 Å². The lowest BCUT2D eigenvalue weighted by atomic mass is 10.0. The second kappa shape index (κ2) is 10.1. The standard InChI is InChI=1S/C15H20O/c1-4-6-7-8-9-10-11-15(16)13-12-14(3)5-2/h1,10-11,14H,5,8-9,12-13H2,2-3H3/b11-10+. The summed E-state index contributed by atoms with van der Waals surface area (Å²) in [7, 11) is 0. The fraction of sp³-hybridized carbons (Fsp3) is 0.533. The molecule has 1 unspecified atom stereocenters. The van der Waals surface area contributed by atoms with E-state index in [1.54, 1.807) is 6.08 Å². The fourth-order valence-electron chi connectivity index (χ4n) is 1.16. The molecular formula is C15H20O. The van der Waals surface area contributed by atoms with Crippen LogP contribution in [0.5, 0.6) is 0 Å². The summed E-state index contributed by atoms with van der Waals surface area (Å²) in [5, 5.41) is 0. The lowest BCUT2D eigenvalue weighted by Gasteiger charge is -2.04. The highest BCUT2D eigenvalue weighted by Gasteiger charge is 2.01. The van der Waals surface area contributed by atoms with Crippen molar-refractivity contribution < 1.29 is 4.79 Å². The highest BCUT2D eigenvalue weighted by molar-refractivity contribution is 5.89. The Bertz CT molecular complexity index is 320. The second-order valence-corrected chi connectivity index (χ2v) is 3.91. The van der Waals surface area contributed by atoms with Crippen molar-refractivity contribution in [1.29, 1.82) is 0 Å². The molecule has 86 valence electrons. The SMILES string of the molecule is C#CC#CCC/C=C/C(=O)CCC(C)CC. The number of hydrogen-bond acceptors (Lipinski definition) is 1. The highest BCUT2D eigenvalue weighted by atomic mass is 16.1. The Morgan fingerprint density at radius 2 is 2.25 bits per heavy atom. The van der Waals surface area contributed by atoms with Crippen LogP contribution in [-0.2, 0) is 4.79 Å². The summed E-state index contributed by atoms with van der Waals surface area (Å²) < 4.78 is 0. The number of unbranched alkanes of at least 4 members (excludes halogenated alkanes) is 1. The van der Waals surface area contributed by atoms with Gasteiger partial charge in [0, 0.05) is 12.8 Å². The zero-order chi connectivity index (χ0) is 12.2. The first-order valence-electron chi connectivity index (χ1n) is 5.83. The molecule has 0 fully saturated rings. The van der Waals surface area contributed by atoms with Gasteiger partial charge in [-0.3, -0.25) is 4.79 Å². The van der Waals surface area contributed by atoms with Crippen LogP contribution >= 0.6 is 0 Å². The first kappa shape index (κ1) is 14.5. The minimum absolute atomic E-state index is 0.213. The van der Waals surface area contributed by atoms with Crippen molar-refractivity contribution in [3.05, 3.63) is 12.2 Å². The van der Waals surface area contributed by atoms with Crippen molar-refractivity contribution in [1.82, 2.24) is 0 Å². The van der Waals surface area contributed by atoms with Gasteiger partial charge < -0.3 is 0 Å². The van der Waals surface area contributed by atoms with Crippen LogP contribution in [0.15, 0.2) is 12.2 Å². The van der Waals surface area contributed by atoms with Crippen LogP contribution < -0.4 is 0 Å². The molecule has 0 aliphatic rings. The Hall–Kier alpha value is -1.47. The topological polar surface area (TPSA) is 17.1 Å². The molecular weight excluding hydrogens is 196 g/mol. The van der Waals surface area contributed by atoms with Crippen molar-refractivity contribution in [2.75, 3.05) is 0 Å². The summed E-state index contributed by atoms with van der Waals surface area (Å²) >= 11 is 0. The number of carbonyl (C=O) groups excluding carboxylic acids is 1. The third kappa shape index (κ3) is 9.10. The van der Waals surface area contributed by atoms with E-state index in [0.717, 1.165) is 25.7 Å². The Morgan fingerprint density at radius 3 is 2.88 bits per heavy atom. The molecule has 1 heteroatoms. The molecule has 1 atom stereocenters. The zero-order valence-electron chi connectivity index (χ0n) is 10.3. The van der Waals surface area contributed by atoms with E-state index in [2.05, 4.69) is 31.6 Å². The molecule has 0 amide bonds. The first-order valence-corrected chi connectivity index (χ1v) is 5.83. The molecule has 0 heterocycles. The van der Waals surface area contributed by atoms with Gasteiger partial charge in [0.1, 0.15) is 0 Å². The van der Waals surface area contributed by atoms with Gasteiger partial charge in [0.25, 0.3) is 0 Å². The number of carbonyl (C=O) groups is 1. The molecule has 0 aromatic carbocycles. The van der Waals surface area contributed by atoms with Gasteiger partial charge in [-0.05, 0) is 36.7 Å². The Morgan fingerprint density at radius 1 is 1.50 bits per heavy atom. The third-order valence-electron chi connectivity index (χ3n) is 2.48. The van der Waals surface area contributed by atoms with Gasteiger partial charge in [0.2, 0.25) is 0 Å². The summed E-state index contributed by atoms with van der Waals surface area (Å²) in [6.07, 6.45) is 12.8. The average Bonchev–Trinajstić information content (AvgIpc) is 2.30. The summed E-state index contributed by atoms with van der Waals surface area (Å²) in [5.41, 5.74) is 0. The second-order valence-electron chi connectivity index (χ2n) is 3.91. The number of ketones is 1. The molecule has 0 saturated heterocycles. The largest absolute Gasteiger partial charge is 0.295 e. The molecule has 0 aromatic rings. The van der Waals surface area contributed by atoms with Crippen LogP contribution in [0.2, 0.25) is 0 Å². The molecule has 0 saturated carbocycles. The van der Waals surface area contributed by atoms with Crippen molar-refractivity contribution in [2.24, 2.45) is 5.92 Å². The van der Waals surface area contributed by atoms with Gasteiger partial charge in [0.05, 0.1) is 0 Å². The summed E-state index contributed by atoms with van der Waals surface area (Å²) in [6.45, 7) is 4.32. The normalized spacial score (nSPS) is 11.6. The predicted octanol–water partition coefficient (Wildman–Crippen LogP) is 3.35. The van der Waals surface area contributed by atoms with Crippen LogP contribution in [0.25, 0.3) is 0 Å². The summed E-state index contributed by atoms with van der Waals surface area (Å²) in [5.74, 6) is 8.47. The molecule has 0 bridgehead atoms. The average molecular weight is 216 g/mol. The van der Waals surface area contributed by atoms with E-state index in [0.29, 0.717) is 12.3 Å². The maximum atomic E-state index is 11.4. The highest BCUT2D eigenvalue weighted by Crippen LogP contribution is 2.09. The molecule has 1 nitrogen and oxygen atoms in total. The molecule has 0 spiro atoms. The fourth-order valence-corrected chi connectivity index (χ4v) is 1.16. The quantitative estimate of drug-likeness (QED) is 0.362. The van der Waals surface area contributed by atoms with Crippen molar-refractivity contribution in [3.8, 4) is 24.2 Å². The molecule has 0 aromatic heterocycles. The summed E-state index contributed by atoms with van der Waals surface area (Å²) in [6, 6.07) is 0. The minimum atomic E-state index is 0.213. The third-order valence-corrected chi connectivity index (χ3v) is 2.48. The van der Waals surface area contributed by atoms with E-state index >= 15 is 0 Å². The first-order chi connectivity index (χ1) is 7.70. The lowest BCUT2D eigenvalue weighted by Crippen LogP contribution is -1.98. The van der Waals surface area contributed by atoms with Crippen LogP contribution in [-0.4, -0.2) is 5.78 Å². The number of rotatable bonds is 7. The van der Waals surface area contributed by atoms with Crippen LogP contribution in [0, 0.1) is 30.1 Å². The van der Waals surface area contributed by atoms with Crippen LogP contribution in [0.4, 0.5) is 0 Å². The van der Waals surface area contributed by atoms with Gasteiger partial charge in [-0.1, -0.05) is 32.3 Å². The number of terminal acetylenes is 1. The van der Waals surface area contributed by atoms with Crippen molar-refractivity contribution >= 4 is 5.78 Å². The van der Waals surface area contributed by atoms with E-state index in [1.807, 2.05) is 6.08 Å². The van der Waals surface area contributed by atoms with Crippen molar-refractivity contribution in [2.45, 2.75) is 46.0 Å². The molecule has 0 aliphatic heterocycles. The molecule has 0 rings (SSSR count). The van der Waals surface area contributed by atoms with Gasteiger partial charge in [-0.2, -0.15) is 0 Å². The molecule has 0 radical (unpaired) electrons. The van der Waals surface area contributed by atoms with Gasteiger partial charge in [0.15, 0.2) is 5.78 Å². The van der Waals surface area contributed by atoms with E-state index in [-0.39, 0.29) is 5.78 Å². The van der Waals surface area contributed by atoms with E-state index < -0.39 is 0 Å².